The minimum absolute atomic E-state index is 0.633. The molecule has 18 heavy (non-hydrogen) atoms. The zero-order valence-corrected chi connectivity index (χ0v) is 11.6. The van der Waals surface area contributed by atoms with Crippen molar-refractivity contribution < 1.29 is 9.47 Å². The van der Waals surface area contributed by atoms with Gasteiger partial charge >= 0.3 is 0 Å². The molecule has 0 aromatic carbocycles. The van der Waals surface area contributed by atoms with E-state index >= 15 is 0 Å². The molecule has 2 aliphatic heterocycles. The molecule has 4 unspecified atom stereocenters. The Morgan fingerprint density at radius 3 is 0.944 bits per heavy atom. The maximum atomic E-state index is 5.75. The van der Waals surface area contributed by atoms with E-state index in [1.165, 1.54) is 77.0 Å². The Bertz CT molecular complexity index is 203. The van der Waals surface area contributed by atoms with Crippen LogP contribution in [0, 0.1) is 0 Å². The van der Waals surface area contributed by atoms with E-state index in [1.54, 1.807) is 0 Å². The van der Waals surface area contributed by atoms with Gasteiger partial charge in [0, 0.05) is 0 Å². The average Bonchev–Trinajstić information content (AvgIpc) is 3.25. The second-order valence-corrected chi connectivity index (χ2v) is 6.41. The van der Waals surface area contributed by atoms with Crippen molar-refractivity contribution in [1.82, 2.24) is 0 Å². The first-order valence-corrected chi connectivity index (χ1v) is 8.24. The molecule has 1 aliphatic carbocycles. The summed E-state index contributed by atoms with van der Waals surface area (Å²) in [5.41, 5.74) is 0. The molecular weight excluding hydrogens is 224 g/mol. The van der Waals surface area contributed by atoms with Gasteiger partial charge in [0.25, 0.3) is 0 Å². The van der Waals surface area contributed by atoms with Crippen LogP contribution in [0.2, 0.25) is 0 Å². The highest BCUT2D eigenvalue weighted by Crippen LogP contribution is 2.34. The maximum absolute atomic E-state index is 5.75. The van der Waals surface area contributed by atoms with Gasteiger partial charge in [-0.25, -0.2) is 0 Å². The lowest BCUT2D eigenvalue weighted by molar-refractivity contribution is 0.339. The van der Waals surface area contributed by atoms with E-state index < -0.39 is 0 Å². The van der Waals surface area contributed by atoms with E-state index in [4.69, 9.17) is 9.47 Å². The van der Waals surface area contributed by atoms with E-state index in [2.05, 4.69) is 0 Å². The third-order valence-electron chi connectivity index (χ3n) is 4.83. The highest BCUT2D eigenvalue weighted by molar-refractivity contribution is 4.86. The fraction of sp³-hybridized carbons (Fsp3) is 1.00. The number of rotatable bonds is 0. The van der Waals surface area contributed by atoms with Gasteiger partial charge in [0.05, 0.1) is 24.4 Å². The van der Waals surface area contributed by atoms with Crippen LogP contribution in [-0.4, -0.2) is 24.4 Å². The Kier molecular flexibility index (Phi) is 4.58. The van der Waals surface area contributed by atoms with Gasteiger partial charge in [-0.2, -0.15) is 0 Å². The number of hydrogen-bond donors (Lipinski definition) is 0. The van der Waals surface area contributed by atoms with Crippen molar-refractivity contribution >= 4 is 0 Å². The molecule has 2 heterocycles. The van der Waals surface area contributed by atoms with Crippen LogP contribution in [0.25, 0.3) is 0 Å². The summed E-state index contributed by atoms with van der Waals surface area (Å²) in [4.78, 5) is 0. The van der Waals surface area contributed by atoms with Gasteiger partial charge in [-0.3, -0.25) is 0 Å². The van der Waals surface area contributed by atoms with Gasteiger partial charge in [-0.15, -0.1) is 0 Å². The molecule has 0 amide bonds. The zero-order chi connectivity index (χ0) is 12.2. The van der Waals surface area contributed by atoms with Crippen LogP contribution in [0.15, 0.2) is 0 Å². The molecule has 0 N–H and O–H groups in total. The first-order chi connectivity index (χ1) is 8.93. The summed E-state index contributed by atoms with van der Waals surface area (Å²) in [6, 6.07) is 0. The van der Waals surface area contributed by atoms with Crippen molar-refractivity contribution in [3.05, 3.63) is 0 Å². The van der Waals surface area contributed by atoms with E-state index in [0.717, 1.165) is 0 Å². The zero-order valence-electron chi connectivity index (χ0n) is 11.6. The third kappa shape index (κ3) is 3.96. The molecule has 2 nitrogen and oxygen atoms in total. The predicted octanol–water partition coefficient (Wildman–Crippen LogP) is 4.22. The highest BCUT2D eigenvalue weighted by atomic mass is 16.6. The van der Waals surface area contributed by atoms with Gasteiger partial charge in [-0.05, 0) is 25.7 Å². The number of hydrogen-bond acceptors (Lipinski definition) is 2. The van der Waals surface area contributed by atoms with Crippen molar-refractivity contribution in [2.45, 2.75) is 101 Å². The standard InChI is InChI=1S/C16H28O2/c1-2-6-10-14-16(18-14)12-8-4-3-7-11-15-13(17-15)9-5-1/h13-16H,1-12H2. The summed E-state index contributed by atoms with van der Waals surface area (Å²) in [5, 5.41) is 0. The van der Waals surface area contributed by atoms with Crippen LogP contribution in [-0.2, 0) is 9.47 Å². The minimum atomic E-state index is 0.633. The summed E-state index contributed by atoms with van der Waals surface area (Å²) in [6.45, 7) is 0. The second kappa shape index (κ2) is 6.38. The topological polar surface area (TPSA) is 25.1 Å². The van der Waals surface area contributed by atoms with Crippen molar-refractivity contribution in [3.8, 4) is 0 Å². The Labute approximate surface area is 111 Å². The van der Waals surface area contributed by atoms with Crippen molar-refractivity contribution in [2.75, 3.05) is 0 Å². The number of epoxide rings is 2. The fourth-order valence-electron chi connectivity index (χ4n) is 3.46. The molecule has 3 fully saturated rings. The Balaban J connectivity index is 1.36. The first kappa shape index (κ1) is 12.9. The molecule has 104 valence electrons. The quantitative estimate of drug-likeness (QED) is 0.603. The van der Waals surface area contributed by atoms with Gasteiger partial charge < -0.3 is 9.47 Å². The van der Waals surface area contributed by atoms with Gasteiger partial charge in [0.1, 0.15) is 0 Å². The molecule has 1 saturated carbocycles. The monoisotopic (exact) mass is 252 g/mol. The SMILES string of the molecule is C1CCCC2OC2CCCCCCC2OC2CC1. The van der Waals surface area contributed by atoms with Crippen LogP contribution < -0.4 is 0 Å². The molecule has 0 spiro atoms. The largest absolute Gasteiger partial charge is 0.370 e. The van der Waals surface area contributed by atoms with E-state index in [-0.39, 0.29) is 0 Å². The summed E-state index contributed by atoms with van der Waals surface area (Å²) in [6.07, 6.45) is 18.8. The Hall–Kier alpha value is -0.0800. The summed E-state index contributed by atoms with van der Waals surface area (Å²) < 4.78 is 11.5. The molecular formula is C16H28O2. The lowest BCUT2D eigenvalue weighted by Crippen LogP contribution is -1.97. The molecule has 0 aromatic heterocycles. The Morgan fingerprint density at radius 1 is 0.389 bits per heavy atom. The fourth-order valence-corrected chi connectivity index (χ4v) is 3.46. The van der Waals surface area contributed by atoms with Crippen LogP contribution in [0.3, 0.4) is 0 Å². The molecule has 0 radical (unpaired) electrons. The molecule has 3 rings (SSSR count). The van der Waals surface area contributed by atoms with Crippen LogP contribution in [0.4, 0.5) is 0 Å². The van der Waals surface area contributed by atoms with E-state index in [1.807, 2.05) is 0 Å². The van der Waals surface area contributed by atoms with Crippen LogP contribution >= 0.6 is 0 Å². The highest BCUT2D eigenvalue weighted by Gasteiger charge is 2.38. The number of ether oxygens (including phenoxy) is 2. The second-order valence-electron chi connectivity index (χ2n) is 6.41. The van der Waals surface area contributed by atoms with Crippen molar-refractivity contribution in [3.63, 3.8) is 0 Å². The van der Waals surface area contributed by atoms with Crippen molar-refractivity contribution in [1.29, 1.82) is 0 Å². The molecule has 3 aliphatic rings. The molecule has 0 bridgehead atoms. The normalized spacial score (nSPS) is 42.7. The van der Waals surface area contributed by atoms with Crippen LogP contribution in [0.5, 0.6) is 0 Å². The maximum Gasteiger partial charge on any atom is 0.0841 e. The summed E-state index contributed by atoms with van der Waals surface area (Å²) >= 11 is 0. The summed E-state index contributed by atoms with van der Waals surface area (Å²) in [5.74, 6) is 0. The lowest BCUT2D eigenvalue weighted by atomic mass is 10.0. The summed E-state index contributed by atoms with van der Waals surface area (Å²) in [7, 11) is 0. The van der Waals surface area contributed by atoms with Gasteiger partial charge in [0.15, 0.2) is 0 Å². The molecule has 2 heteroatoms. The Morgan fingerprint density at radius 2 is 0.667 bits per heavy atom. The molecule has 4 atom stereocenters. The molecule has 2 saturated heterocycles. The van der Waals surface area contributed by atoms with E-state index in [9.17, 15) is 0 Å². The molecule has 0 aromatic rings. The van der Waals surface area contributed by atoms with Crippen molar-refractivity contribution in [2.24, 2.45) is 0 Å². The first-order valence-electron chi connectivity index (χ1n) is 8.24. The smallest absolute Gasteiger partial charge is 0.0841 e. The average molecular weight is 252 g/mol. The minimum Gasteiger partial charge on any atom is -0.370 e. The number of fused-ring (bicyclic) bond motifs is 2. The third-order valence-corrected chi connectivity index (χ3v) is 4.83. The van der Waals surface area contributed by atoms with E-state index in [0.29, 0.717) is 24.4 Å². The lowest BCUT2D eigenvalue weighted by Gasteiger charge is -2.01. The predicted molar refractivity (Wildman–Crippen MR) is 72.7 cm³/mol. The van der Waals surface area contributed by atoms with Gasteiger partial charge in [0.2, 0.25) is 0 Å². The van der Waals surface area contributed by atoms with Gasteiger partial charge in [-0.1, -0.05) is 51.4 Å². The van der Waals surface area contributed by atoms with Crippen LogP contribution in [0.1, 0.15) is 77.0 Å².